The van der Waals surface area contributed by atoms with E-state index in [9.17, 15) is 0 Å². The van der Waals surface area contributed by atoms with Crippen LogP contribution in [0.2, 0.25) is 0 Å². The summed E-state index contributed by atoms with van der Waals surface area (Å²) in [5.41, 5.74) is 1.34. The fraction of sp³-hybridized carbons (Fsp3) is 0.625. The van der Waals surface area contributed by atoms with E-state index in [0.29, 0.717) is 0 Å². The molecule has 106 valence electrons. The fourth-order valence-corrected chi connectivity index (χ4v) is 1.54. The lowest BCUT2D eigenvalue weighted by atomic mass is 10.3. The second-order valence-electron chi connectivity index (χ2n) is 3.72. The Morgan fingerprint density at radius 3 is 1.89 bits per heavy atom. The molecular formula is C16H32N2. The van der Waals surface area contributed by atoms with Gasteiger partial charge < -0.3 is 9.80 Å². The van der Waals surface area contributed by atoms with Crippen molar-refractivity contribution in [2.75, 3.05) is 33.2 Å². The number of piperazine rings is 1. The highest BCUT2D eigenvalue weighted by atomic mass is 15.2. The quantitative estimate of drug-likeness (QED) is 0.702. The average molecular weight is 252 g/mol. The molecule has 1 aliphatic heterocycles. The molecule has 1 heterocycles. The first-order valence-corrected chi connectivity index (χ1v) is 7.13. The minimum Gasteiger partial charge on any atom is -0.372 e. The number of rotatable bonds is 3. The van der Waals surface area contributed by atoms with E-state index in [-0.39, 0.29) is 0 Å². The van der Waals surface area contributed by atoms with E-state index in [2.05, 4.69) is 36.4 Å². The Hall–Kier alpha value is -1.02. The molecule has 1 aliphatic rings. The second-order valence-corrected chi connectivity index (χ2v) is 3.72. The lowest BCUT2D eigenvalue weighted by Crippen LogP contribution is -2.43. The summed E-state index contributed by atoms with van der Waals surface area (Å²) in [6.07, 6.45) is 7.95. The van der Waals surface area contributed by atoms with Gasteiger partial charge in [0.15, 0.2) is 0 Å². The first-order valence-electron chi connectivity index (χ1n) is 7.13. The van der Waals surface area contributed by atoms with E-state index in [1.807, 2.05) is 39.8 Å². The van der Waals surface area contributed by atoms with Crippen LogP contribution in [0.3, 0.4) is 0 Å². The summed E-state index contributed by atoms with van der Waals surface area (Å²) in [5.74, 6) is 0. The van der Waals surface area contributed by atoms with Crippen LogP contribution in [0.15, 0.2) is 36.6 Å². The standard InChI is InChI=1S/C12H20N2.2C2H6/c1-4-5-6-7-12(2)14-10-8-13(3)9-11-14;2*1-2/h4-7H,1,8-11H2,2-3H3;2*1-2H3/b6-5-,12-7+;;. The van der Waals surface area contributed by atoms with Crippen molar-refractivity contribution >= 4 is 0 Å². The zero-order chi connectivity index (χ0) is 14.4. The summed E-state index contributed by atoms with van der Waals surface area (Å²) in [6, 6.07) is 0. The van der Waals surface area contributed by atoms with Gasteiger partial charge in [-0.05, 0) is 20.0 Å². The van der Waals surface area contributed by atoms with Crippen LogP contribution in [0, 0.1) is 0 Å². The predicted molar refractivity (Wildman–Crippen MR) is 84.9 cm³/mol. The molecule has 0 bridgehead atoms. The molecule has 0 aromatic heterocycles. The SMILES string of the molecule is C=C/C=C\C=C(/C)N1CCN(C)CC1.CC.CC. The first-order chi connectivity index (χ1) is 8.74. The minimum absolute atomic E-state index is 1.14. The maximum atomic E-state index is 3.64. The van der Waals surface area contributed by atoms with E-state index in [1.54, 1.807) is 6.08 Å². The molecule has 1 rings (SSSR count). The van der Waals surface area contributed by atoms with Crippen LogP contribution in [-0.4, -0.2) is 43.0 Å². The van der Waals surface area contributed by atoms with Gasteiger partial charge >= 0.3 is 0 Å². The minimum atomic E-state index is 1.14. The van der Waals surface area contributed by atoms with Crippen LogP contribution in [0.5, 0.6) is 0 Å². The van der Waals surface area contributed by atoms with Crippen molar-refractivity contribution in [3.05, 3.63) is 36.6 Å². The van der Waals surface area contributed by atoms with Crippen molar-refractivity contribution in [1.29, 1.82) is 0 Å². The van der Waals surface area contributed by atoms with Crippen LogP contribution >= 0.6 is 0 Å². The molecule has 0 aromatic rings. The smallest absolute Gasteiger partial charge is 0.0303 e. The highest BCUT2D eigenvalue weighted by molar-refractivity contribution is 5.14. The molecule has 0 N–H and O–H groups in total. The summed E-state index contributed by atoms with van der Waals surface area (Å²) in [7, 11) is 2.17. The lowest BCUT2D eigenvalue weighted by Gasteiger charge is -2.34. The van der Waals surface area contributed by atoms with Gasteiger partial charge in [-0.3, -0.25) is 0 Å². The van der Waals surface area contributed by atoms with Gasteiger partial charge in [0, 0.05) is 31.9 Å². The van der Waals surface area contributed by atoms with Crippen LogP contribution in [0.4, 0.5) is 0 Å². The number of allylic oxidation sites excluding steroid dienone is 5. The largest absolute Gasteiger partial charge is 0.372 e. The van der Waals surface area contributed by atoms with Gasteiger partial charge in [-0.25, -0.2) is 0 Å². The number of hydrogen-bond acceptors (Lipinski definition) is 2. The molecule has 0 radical (unpaired) electrons. The molecule has 0 amide bonds. The van der Waals surface area contributed by atoms with Gasteiger partial charge in [-0.15, -0.1) is 0 Å². The van der Waals surface area contributed by atoms with Crippen LogP contribution in [0.25, 0.3) is 0 Å². The monoisotopic (exact) mass is 252 g/mol. The molecule has 1 fully saturated rings. The third-order valence-corrected chi connectivity index (χ3v) is 2.59. The zero-order valence-electron chi connectivity index (χ0n) is 13.2. The zero-order valence-corrected chi connectivity index (χ0v) is 13.2. The van der Waals surface area contributed by atoms with Crippen molar-refractivity contribution < 1.29 is 0 Å². The van der Waals surface area contributed by atoms with Gasteiger partial charge in [0.05, 0.1) is 0 Å². The molecule has 0 saturated carbocycles. The van der Waals surface area contributed by atoms with Gasteiger partial charge in [-0.2, -0.15) is 0 Å². The predicted octanol–water partition coefficient (Wildman–Crippen LogP) is 3.93. The molecule has 0 aromatic carbocycles. The van der Waals surface area contributed by atoms with Gasteiger partial charge in [0.1, 0.15) is 0 Å². The molecule has 0 aliphatic carbocycles. The van der Waals surface area contributed by atoms with E-state index < -0.39 is 0 Å². The highest BCUT2D eigenvalue weighted by Gasteiger charge is 2.12. The Balaban J connectivity index is 0. The maximum Gasteiger partial charge on any atom is 0.0303 e. The van der Waals surface area contributed by atoms with E-state index in [0.717, 1.165) is 26.2 Å². The normalized spacial score (nSPS) is 16.6. The number of likely N-dealkylation sites (N-methyl/N-ethyl adjacent to an activating group) is 1. The third kappa shape index (κ3) is 9.06. The number of hydrogen-bond donors (Lipinski definition) is 0. The summed E-state index contributed by atoms with van der Waals surface area (Å²) < 4.78 is 0. The Bertz CT molecular complexity index is 233. The van der Waals surface area contributed by atoms with Gasteiger partial charge in [0.25, 0.3) is 0 Å². The van der Waals surface area contributed by atoms with Crippen molar-refractivity contribution in [2.45, 2.75) is 34.6 Å². The average Bonchev–Trinajstić information content (AvgIpc) is 2.44. The van der Waals surface area contributed by atoms with Gasteiger partial charge in [0.2, 0.25) is 0 Å². The highest BCUT2D eigenvalue weighted by Crippen LogP contribution is 2.07. The Labute approximate surface area is 115 Å². The summed E-state index contributed by atoms with van der Waals surface area (Å²) in [6.45, 7) is 18.4. The van der Waals surface area contributed by atoms with Crippen LogP contribution in [-0.2, 0) is 0 Å². The summed E-state index contributed by atoms with van der Waals surface area (Å²) in [5, 5.41) is 0. The van der Waals surface area contributed by atoms with E-state index >= 15 is 0 Å². The molecule has 18 heavy (non-hydrogen) atoms. The Kier molecular flexibility index (Phi) is 15.1. The van der Waals surface area contributed by atoms with Crippen molar-refractivity contribution in [2.24, 2.45) is 0 Å². The fourth-order valence-electron chi connectivity index (χ4n) is 1.54. The molecule has 2 nitrogen and oxygen atoms in total. The Morgan fingerprint density at radius 1 is 0.944 bits per heavy atom. The van der Waals surface area contributed by atoms with E-state index in [4.69, 9.17) is 0 Å². The van der Waals surface area contributed by atoms with Crippen LogP contribution in [0.1, 0.15) is 34.6 Å². The van der Waals surface area contributed by atoms with E-state index in [1.165, 1.54) is 5.70 Å². The van der Waals surface area contributed by atoms with Gasteiger partial charge in [-0.1, -0.05) is 52.5 Å². The third-order valence-electron chi connectivity index (χ3n) is 2.59. The molecule has 0 unspecified atom stereocenters. The van der Waals surface area contributed by atoms with Crippen molar-refractivity contribution in [1.82, 2.24) is 9.80 Å². The molecule has 2 heteroatoms. The second kappa shape index (κ2) is 14.0. The lowest BCUT2D eigenvalue weighted by molar-refractivity contribution is 0.186. The topological polar surface area (TPSA) is 6.48 Å². The first kappa shape index (κ1) is 19.3. The number of nitrogens with zero attached hydrogens (tertiary/aromatic N) is 2. The molecule has 1 saturated heterocycles. The summed E-state index contributed by atoms with van der Waals surface area (Å²) >= 11 is 0. The molecular weight excluding hydrogens is 220 g/mol. The molecule has 0 spiro atoms. The van der Waals surface area contributed by atoms with Crippen molar-refractivity contribution in [3.63, 3.8) is 0 Å². The maximum absolute atomic E-state index is 3.64. The summed E-state index contributed by atoms with van der Waals surface area (Å²) in [4.78, 5) is 4.79. The molecule has 0 atom stereocenters. The van der Waals surface area contributed by atoms with Crippen LogP contribution < -0.4 is 0 Å². The van der Waals surface area contributed by atoms with Crippen molar-refractivity contribution in [3.8, 4) is 0 Å². The Morgan fingerprint density at radius 2 is 1.44 bits per heavy atom.